The van der Waals surface area contributed by atoms with Crippen molar-refractivity contribution in [1.29, 1.82) is 0 Å². The van der Waals surface area contributed by atoms with Crippen molar-refractivity contribution in [3.05, 3.63) is 102 Å². The Labute approximate surface area is 212 Å². The second-order valence-corrected chi connectivity index (χ2v) is 14.3. The van der Waals surface area contributed by atoms with Gasteiger partial charge in [-0.25, -0.2) is 9.97 Å². The van der Waals surface area contributed by atoms with Crippen molar-refractivity contribution >= 4 is 35.5 Å². The lowest BCUT2D eigenvalue weighted by molar-refractivity contribution is 0.00787. The summed E-state index contributed by atoms with van der Waals surface area (Å²) in [4.78, 5) is 8.54. The number of ether oxygens (including phenoxy) is 1. The van der Waals surface area contributed by atoms with Crippen LogP contribution in [0.15, 0.2) is 96.9 Å². The highest BCUT2D eigenvalue weighted by Crippen LogP contribution is 2.42. The summed E-state index contributed by atoms with van der Waals surface area (Å²) in [6, 6.07) is 26.7. The van der Waals surface area contributed by atoms with E-state index in [2.05, 4.69) is 79.3 Å². The number of nitrogen functional groups attached to an aromatic ring is 1. The molecule has 2 heterocycles. The van der Waals surface area contributed by atoms with Crippen LogP contribution >= 0.6 is 0 Å². The topological polar surface area (TPSA) is 90.5 Å². The van der Waals surface area contributed by atoms with Gasteiger partial charge in [0.05, 0.1) is 12.1 Å². The van der Waals surface area contributed by atoms with E-state index in [4.69, 9.17) is 14.9 Å². The number of aromatic nitrogens is 2. The van der Waals surface area contributed by atoms with Crippen molar-refractivity contribution < 1.29 is 14.3 Å². The van der Waals surface area contributed by atoms with Crippen LogP contribution in [0.3, 0.4) is 0 Å². The largest absolute Gasteiger partial charge is 0.535 e. The van der Waals surface area contributed by atoms with Gasteiger partial charge in [0.25, 0.3) is 0 Å². The van der Waals surface area contributed by atoms with Crippen molar-refractivity contribution in [1.82, 2.24) is 9.97 Å². The molecule has 7 heteroatoms. The van der Waals surface area contributed by atoms with Gasteiger partial charge in [-0.05, 0) is 33.1 Å². The second kappa shape index (κ2) is 9.50. The van der Waals surface area contributed by atoms with Crippen molar-refractivity contribution in [2.45, 2.75) is 38.0 Å². The number of benzene rings is 3. The standard InChI is InChI=1S/C29H31N3O3Si/c1-29(2,3)36(20-11-6-4-7-12-20,21-13-8-5-9-14-21)35-26-17-25(34-27(26)19-33)22-15-10-16-24-23(22)18-31-28(30)32-24/h4-18,25,27,33H,19H2,1-3H3,(H2,30,31,32)/t25-,27-/m1/s1. The molecule has 0 saturated carbocycles. The Balaban J connectivity index is 1.64. The third-order valence-corrected chi connectivity index (χ3v) is 11.7. The van der Waals surface area contributed by atoms with E-state index >= 15 is 0 Å². The number of fused-ring (bicyclic) bond motifs is 1. The van der Waals surface area contributed by atoms with E-state index in [1.165, 1.54) is 10.4 Å². The van der Waals surface area contributed by atoms with Gasteiger partial charge in [0.15, 0.2) is 0 Å². The molecule has 0 fully saturated rings. The van der Waals surface area contributed by atoms with Gasteiger partial charge in [-0.15, -0.1) is 0 Å². The first-order valence-electron chi connectivity index (χ1n) is 12.1. The monoisotopic (exact) mass is 497 g/mol. The normalized spacial score (nSPS) is 18.3. The van der Waals surface area contributed by atoms with Crippen molar-refractivity contribution in [3.63, 3.8) is 0 Å². The summed E-state index contributed by atoms with van der Waals surface area (Å²) in [5.74, 6) is 0.886. The summed E-state index contributed by atoms with van der Waals surface area (Å²) < 4.78 is 13.5. The molecule has 184 valence electrons. The minimum absolute atomic E-state index is 0.186. The highest BCUT2D eigenvalue weighted by Gasteiger charge is 2.53. The highest BCUT2D eigenvalue weighted by molar-refractivity contribution is 6.99. The molecule has 4 aromatic rings. The molecule has 0 radical (unpaired) electrons. The van der Waals surface area contributed by atoms with Crippen LogP contribution in [-0.2, 0) is 9.16 Å². The second-order valence-electron chi connectivity index (χ2n) is 10.1. The van der Waals surface area contributed by atoms with Gasteiger partial charge in [-0.2, -0.15) is 0 Å². The third kappa shape index (κ3) is 4.19. The van der Waals surface area contributed by atoms with Gasteiger partial charge in [0, 0.05) is 11.6 Å². The quantitative estimate of drug-likeness (QED) is 0.390. The molecule has 1 aliphatic rings. The maximum atomic E-state index is 10.3. The molecule has 0 spiro atoms. The van der Waals surface area contributed by atoms with Crippen LogP contribution < -0.4 is 16.1 Å². The van der Waals surface area contributed by atoms with E-state index in [-0.39, 0.29) is 17.6 Å². The zero-order valence-electron chi connectivity index (χ0n) is 20.8. The zero-order chi connectivity index (χ0) is 25.3. The average Bonchev–Trinajstić information content (AvgIpc) is 3.29. The lowest BCUT2D eigenvalue weighted by Gasteiger charge is -2.43. The minimum atomic E-state index is -2.86. The Kier molecular flexibility index (Phi) is 6.38. The van der Waals surface area contributed by atoms with Gasteiger partial charge in [-0.3, -0.25) is 0 Å². The van der Waals surface area contributed by atoms with Crippen LogP contribution in [0.25, 0.3) is 10.9 Å². The SMILES string of the molecule is CC(C)(C)[Si](OC1=C[C@H](c2cccc3nc(N)ncc23)O[C@@H]1CO)(c1ccccc1)c1ccccc1. The first-order valence-corrected chi connectivity index (χ1v) is 14.0. The summed E-state index contributed by atoms with van der Waals surface area (Å²) in [6.07, 6.45) is 2.72. The molecule has 0 amide bonds. The summed E-state index contributed by atoms with van der Waals surface area (Å²) in [5.41, 5.74) is 7.46. The predicted molar refractivity (Wildman–Crippen MR) is 145 cm³/mol. The van der Waals surface area contributed by atoms with Crippen molar-refractivity contribution in [2.75, 3.05) is 12.3 Å². The van der Waals surface area contributed by atoms with Crippen LogP contribution in [-0.4, -0.2) is 36.1 Å². The molecule has 0 bridgehead atoms. The van der Waals surface area contributed by atoms with Crippen LogP contribution in [0.2, 0.25) is 5.04 Å². The molecule has 36 heavy (non-hydrogen) atoms. The predicted octanol–water partition coefficient (Wildman–Crippen LogP) is 4.10. The summed E-state index contributed by atoms with van der Waals surface area (Å²) >= 11 is 0. The fourth-order valence-electron chi connectivity index (χ4n) is 5.10. The molecule has 0 saturated heterocycles. The van der Waals surface area contributed by atoms with E-state index in [9.17, 15) is 5.11 Å². The number of nitrogens with zero attached hydrogens (tertiary/aromatic N) is 2. The van der Waals surface area contributed by atoms with Crippen LogP contribution in [0, 0.1) is 0 Å². The molecule has 6 nitrogen and oxygen atoms in total. The minimum Gasteiger partial charge on any atom is -0.535 e. The Hall–Kier alpha value is -3.52. The fraction of sp³-hybridized carbons (Fsp3) is 0.241. The molecule has 3 aromatic carbocycles. The maximum Gasteiger partial charge on any atom is 0.319 e. The smallest absolute Gasteiger partial charge is 0.319 e. The Bertz CT molecular complexity index is 1350. The van der Waals surface area contributed by atoms with Crippen molar-refractivity contribution in [2.24, 2.45) is 0 Å². The van der Waals surface area contributed by atoms with Crippen LogP contribution in [0.4, 0.5) is 5.95 Å². The summed E-state index contributed by atoms with van der Waals surface area (Å²) in [7, 11) is -2.86. The van der Waals surface area contributed by atoms with Gasteiger partial charge >= 0.3 is 8.32 Å². The van der Waals surface area contributed by atoms with E-state index in [1.807, 2.05) is 36.4 Å². The first kappa shape index (κ1) is 24.2. The maximum absolute atomic E-state index is 10.3. The number of rotatable bonds is 6. The molecule has 5 rings (SSSR count). The Morgan fingerprint density at radius 1 is 0.944 bits per heavy atom. The number of nitrogens with two attached hydrogens (primary N) is 1. The first-order chi connectivity index (χ1) is 17.3. The third-order valence-electron chi connectivity index (χ3n) is 6.78. The number of anilines is 1. The van der Waals surface area contributed by atoms with Gasteiger partial charge in [0.1, 0.15) is 18.0 Å². The van der Waals surface area contributed by atoms with Crippen LogP contribution in [0.1, 0.15) is 32.4 Å². The molecule has 1 aliphatic heterocycles. The lowest BCUT2D eigenvalue weighted by atomic mass is 10.0. The van der Waals surface area contributed by atoms with E-state index in [0.29, 0.717) is 5.76 Å². The summed E-state index contributed by atoms with van der Waals surface area (Å²) in [5, 5.41) is 13.3. The van der Waals surface area contributed by atoms with Crippen LogP contribution in [0.5, 0.6) is 0 Å². The van der Waals surface area contributed by atoms with Gasteiger partial charge in [0.2, 0.25) is 5.95 Å². The molecule has 2 atom stereocenters. The average molecular weight is 498 g/mol. The molecule has 1 aromatic heterocycles. The molecule has 3 N–H and O–H groups in total. The number of aliphatic hydroxyl groups is 1. The Morgan fingerprint density at radius 2 is 1.58 bits per heavy atom. The zero-order valence-corrected chi connectivity index (χ0v) is 21.8. The Morgan fingerprint density at radius 3 is 2.17 bits per heavy atom. The molecule has 0 unspecified atom stereocenters. The van der Waals surface area contributed by atoms with Crippen molar-refractivity contribution in [3.8, 4) is 0 Å². The fourth-order valence-corrected chi connectivity index (χ4v) is 9.59. The molecular weight excluding hydrogens is 466 g/mol. The number of aliphatic hydroxyl groups excluding tert-OH is 1. The highest BCUT2D eigenvalue weighted by atomic mass is 28.4. The molecular formula is C29H31N3O3Si. The van der Waals surface area contributed by atoms with Gasteiger partial charge in [-0.1, -0.05) is 93.6 Å². The van der Waals surface area contributed by atoms with Gasteiger partial charge < -0.3 is 20.0 Å². The molecule has 0 aliphatic carbocycles. The van der Waals surface area contributed by atoms with E-state index in [1.54, 1.807) is 6.20 Å². The summed E-state index contributed by atoms with van der Waals surface area (Å²) in [6.45, 7) is 6.50. The number of hydrogen-bond acceptors (Lipinski definition) is 6. The number of hydrogen-bond donors (Lipinski definition) is 2. The van der Waals surface area contributed by atoms with E-state index in [0.717, 1.165) is 16.5 Å². The van der Waals surface area contributed by atoms with E-state index < -0.39 is 20.5 Å². The lowest BCUT2D eigenvalue weighted by Crippen LogP contribution is -2.66.